The quantitative estimate of drug-likeness (QED) is 0.718. The van der Waals surface area contributed by atoms with E-state index in [-0.39, 0.29) is 11.9 Å². The highest BCUT2D eigenvalue weighted by Gasteiger charge is 2.08. The van der Waals surface area contributed by atoms with Crippen molar-refractivity contribution < 1.29 is 9.21 Å². The molecule has 3 aromatic rings. The highest BCUT2D eigenvalue weighted by atomic mass is 16.3. The molecule has 3 rings (SSSR count). The molecule has 2 heterocycles. The van der Waals surface area contributed by atoms with Gasteiger partial charge in [-0.1, -0.05) is 24.3 Å². The molecule has 0 saturated heterocycles. The second-order valence-corrected chi connectivity index (χ2v) is 5.76. The largest absolute Gasteiger partial charge is 0.462 e. The number of aromatic nitrogens is 2. The first kappa shape index (κ1) is 16.6. The Morgan fingerprint density at radius 2 is 1.80 bits per heavy atom. The molecule has 1 aromatic carbocycles. The van der Waals surface area contributed by atoms with Crippen molar-refractivity contribution in [2.75, 3.05) is 0 Å². The molecule has 1 unspecified atom stereocenters. The summed E-state index contributed by atoms with van der Waals surface area (Å²) >= 11 is 0. The molecule has 25 heavy (non-hydrogen) atoms. The van der Waals surface area contributed by atoms with Gasteiger partial charge in [0.1, 0.15) is 17.8 Å². The number of hydrogen-bond acceptors (Lipinski definition) is 4. The number of aryl methyl sites for hydroxylation is 1. The summed E-state index contributed by atoms with van der Waals surface area (Å²) in [5.41, 5.74) is 3.02. The van der Waals surface area contributed by atoms with Crippen molar-refractivity contribution in [2.24, 2.45) is 0 Å². The van der Waals surface area contributed by atoms with Crippen molar-refractivity contribution in [2.45, 2.75) is 19.9 Å². The van der Waals surface area contributed by atoms with Crippen LogP contribution in [0.2, 0.25) is 0 Å². The van der Waals surface area contributed by atoms with E-state index in [1.807, 2.05) is 50.2 Å². The number of nitrogens with zero attached hydrogens (tertiary/aromatic N) is 2. The van der Waals surface area contributed by atoms with Gasteiger partial charge in [-0.2, -0.15) is 0 Å². The van der Waals surface area contributed by atoms with Gasteiger partial charge in [0.2, 0.25) is 5.91 Å². The minimum atomic E-state index is -0.165. The number of carbonyl (C=O) groups is 1. The number of amides is 1. The number of furan rings is 1. The van der Waals surface area contributed by atoms with Crippen LogP contribution in [0.4, 0.5) is 0 Å². The fourth-order valence-electron chi connectivity index (χ4n) is 2.46. The van der Waals surface area contributed by atoms with E-state index in [4.69, 9.17) is 4.42 Å². The molecule has 0 radical (unpaired) electrons. The average molecular weight is 333 g/mol. The molecule has 1 amide bonds. The maximum absolute atomic E-state index is 12.0. The van der Waals surface area contributed by atoms with Crippen LogP contribution in [-0.2, 0) is 4.79 Å². The predicted octanol–water partition coefficient (Wildman–Crippen LogP) is 3.94. The van der Waals surface area contributed by atoms with Gasteiger partial charge in [-0.3, -0.25) is 4.79 Å². The minimum Gasteiger partial charge on any atom is -0.462 e. The van der Waals surface area contributed by atoms with Crippen LogP contribution in [-0.4, -0.2) is 15.9 Å². The molecule has 5 nitrogen and oxygen atoms in total. The zero-order valence-electron chi connectivity index (χ0n) is 14.1. The van der Waals surface area contributed by atoms with Crippen LogP contribution < -0.4 is 5.32 Å². The SMILES string of the molecule is Cc1ccc(C=CC(=O)NC(C)c2ccc(-c3cncnc3)cc2)o1. The standard InChI is InChI=1S/C20H19N3O2/c1-14-3-8-19(25-14)9-10-20(24)23-15(2)16-4-6-17(7-5-16)18-11-21-13-22-12-18/h3-13,15H,1-2H3,(H,23,24). The predicted molar refractivity (Wildman–Crippen MR) is 96.5 cm³/mol. The van der Waals surface area contributed by atoms with E-state index >= 15 is 0 Å². The summed E-state index contributed by atoms with van der Waals surface area (Å²) in [6, 6.07) is 11.6. The highest BCUT2D eigenvalue weighted by molar-refractivity contribution is 5.91. The van der Waals surface area contributed by atoms with Crippen molar-refractivity contribution in [3.63, 3.8) is 0 Å². The highest BCUT2D eigenvalue weighted by Crippen LogP contribution is 2.20. The summed E-state index contributed by atoms with van der Waals surface area (Å²) in [5, 5.41) is 2.94. The first-order valence-electron chi connectivity index (χ1n) is 8.02. The van der Waals surface area contributed by atoms with Crippen LogP contribution in [0.1, 0.15) is 30.0 Å². The van der Waals surface area contributed by atoms with E-state index in [0.29, 0.717) is 5.76 Å². The van der Waals surface area contributed by atoms with Gasteiger partial charge in [0, 0.05) is 24.0 Å². The van der Waals surface area contributed by atoms with Crippen LogP contribution in [0.5, 0.6) is 0 Å². The molecule has 0 saturated carbocycles. The Balaban J connectivity index is 1.62. The van der Waals surface area contributed by atoms with Gasteiger partial charge in [-0.25, -0.2) is 9.97 Å². The zero-order valence-corrected chi connectivity index (χ0v) is 14.1. The third-order valence-electron chi connectivity index (χ3n) is 3.82. The van der Waals surface area contributed by atoms with Crippen LogP contribution in [0, 0.1) is 6.92 Å². The van der Waals surface area contributed by atoms with E-state index < -0.39 is 0 Å². The Hall–Kier alpha value is -3.21. The lowest BCUT2D eigenvalue weighted by atomic mass is 10.0. The minimum absolute atomic E-state index is 0.100. The van der Waals surface area contributed by atoms with E-state index in [9.17, 15) is 4.79 Å². The smallest absolute Gasteiger partial charge is 0.244 e. The van der Waals surface area contributed by atoms with Crippen molar-refractivity contribution in [3.8, 4) is 11.1 Å². The fraction of sp³-hybridized carbons (Fsp3) is 0.150. The molecular formula is C20H19N3O2. The lowest BCUT2D eigenvalue weighted by molar-refractivity contribution is -0.117. The van der Waals surface area contributed by atoms with Crippen LogP contribution >= 0.6 is 0 Å². The molecule has 5 heteroatoms. The van der Waals surface area contributed by atoms with E-state index in [1.165, 1.54) is 12.4 Å². The summed E-state index contributed by atoms with van der Waals surface area (Å²) in [6.45, 7) is 3.81. The number of carbonyl (C=O) groups excluding carboxylic acids is 1. The van der Waals surface area contributed by atoms with Gasteiger partial charge in [0.15, 0.2) is 0 Å². The van der Waals surface area contributed by atoms with Crippen molar-refractivity contribution in [1.82, 2.24) is 15.3 Å². The van der Waals surface area contributed by atoms with Crippen molar-refractivity contribution >= 4 is 12.0 Å². The van der Waals surface area contributed by atoms with Gasteiger partial charge in [-0.05, 0) is 43.2 Å². The van der Waals surface area contributed by atoms with Crippen LogP contribution in [0.25, 0.3) is 17.2 Å². The van der Waals surface area contributed by atoms with Crippen LogP contribution in [0.3, 0.4) is 0 Å². The molecule has 0 aliphatic heterocycles. The molecule has 126 valence electrons. The Morgan fingerprint density at radius 3 is 2.44 bits per heavy atom. The van der Waals surface area contributed by atoms with Gasteiger partial charge in [0.25, 0.3) is 0 Å². The number of nitrogens with one attached hydrogen (secondary N) is 1. The molecule has 1 atom stereocenters. The normalized spacial score (nSPS) is 12.2. The van der Waals surface area contributed by atoms with Gasteiger partial charge >= 0.3 is 0 Å². The Kier molecular flexibility index (Phi) is 5.04. The molecule has 1 N–H and O–H groups in total. The summed E-state index contributed by atoms with van der Waals surface area (Å²) in [5.74, 6) is 1.31. The topological polar surface area (TPSA) is 68.0 Å². The Labute approximate surface area is 146 Å². The second-order valence-electron chi connectivity index (χ2n) is 5.76. The molecular weight excluding hydrogens is 314 g/mol. The molecule has 0 spiro atoms. The maximum atomic E-state index is 12.0. The number of rotatable bonds is 5. The average Bonchev–Trinajstić information content (AvgIpc) is 3.06. The van der Waals surface area contributed by atoms with E-state index in [0.717, 1.165) is 22.5 Å². The molecule has 2 aromatic heterocycles. The molecule has 0 bridgehead atoms. The first-order valence-corrected chi connectivity index (χ1v) is 8.02. The fourth-order valence-corrected chi connectivity index (χ4v) is 2.46. The third-order valence-corrected chi connectivity index (χ3v) is 3.82. The molecule has 0 aliphatic rings. The van der Waals surface area contributed by atoms with Crippen LogP contribution in [0.15, 0.2) is 65.6 Å². The second kappa shape index (κ2) is 7.57. The lowest BCUT2D eigenvalue weighted by Crippen LogP contribution is -2.24. The zero-order chi connectivity index (χ0) is 17.6. The monoisotopic (exact) mass is 333 g/mol. The van der Waals surface area contributed by atoms with Crippen molar-refractivity contribution in [3.05, 3.63) is 78.3 Å². The number of benzene rings is 1. The Morgan fingerprint density at radius 1 is 1.08 bits per heavy atom. The Bertz CT molecular complexity index is 867. The van der Waals surface area contributed by atoms with Crippen molar-refractivity contribution in [1.29, 1.82) is 0 Å². The van der Waals surface area contributed by atoms with Gasteiger partial charge in [0.05, 0.1) is 6.04 Å². The summed E-state index contributed by atoms with van der Waals surface area (Å²) in [4.78, 5) is 20.1. The van der Waals surface area contributed by atoms with E-state index in [2.05, 4.69) is 15.3 Å². The lowest BCUT2D eigenvalue weighted by Gasteiger charge is -2.13. The van der Waals surface area contributed by atoms with Gasteiger partial charge in [-0.15, -0.1) is 0 Å². The molecule has 0 fully saturated rings. The third kappa shape index (κ3) is 4.41. The van der Waals surface area contributed by atoms with Gasteiger partial charge < -0.3 is 9.73 Å². The maximum Gasteiger partial charge on any atom is 0.244 e. The first-order chi connectivity index (χ1) is 12.1. The van der Waals surface area contributed by atoms with E-state index in [1.54, 1.807) is 18.5 Å². The summed E-state index contributed by atoms with van der Waals surface area (Å²) in [6.07, 6.45) is 8.19. The summed E-state index contributed by atoms with van der Waals surface area (Å²) < 4.78 is 5.40. The number of hydrogen-bond donors (Lipinski definition) is 1. The molecule has 0 aliphatic carbocycles. The summed E-state index contributed by atoms with van der Waals surface area (Å²) in [7, 11) is 0.